The van der Waals surface area contributed by atoms with E-state index in [0.717, 1.165) is 83.5 Å². The van der Waals surface area contributed by atoms with Crippen LogP contribution in [0.2, 0.25) is 0 Å². The highest BCUT2D eigenvalue weighted by Gasteiger charge is 2.32. The summed E-state index contributed by atoms with van der Waals surface area (Å²) in [5, 5.41) is 32.1. The first kappa shape index (κ1) is 54.0. The Morgan fingerprint density at radius 2 is 0.714 bits per heavy atom. The molecule has 1 aliphatic heterocycles. The molecule has 10 nitrogen and oxygen atoms in total. The first-order valence-electron chi connectivity index (χ1n) is 25.4. The number of aliphatic carboxylic acids is 3. The third-order valence-corrected chi connectivity index (χ3v) is 13.4. The fourth-order valence-electron chi connectivity index (χ4n) is 9.34. The summed E-state index contributed by atoms with van der Waals surface area (Å²) in [5.41, 5.74) is 3.78. The van der Waals surface area contributed by atoms with Crippen LogP contribution in [0, 0.1) is 0 Å². The molecule has 0 amide bonds. The Hall–Kier alpha value is -3.31. The van der Waals surface area contributed by atoms with Crippen molar-refractivity contribution in [3.05, 3.63) is 71.3 Å². The maximum Gasteiger partial charge on any atom is 0.320 e. The van der Waals surface area contributed by atoms with Gasteiger partial charge in [0.1, 0.15) is 18.1 Å². The number of hydrogen-bond acceptors (Lipinski definition) is 7. The molecule has 3 unspecified atom stereocenters. The van der Waals surface area contributed by atoms with Crippen LogP contribution in [0.4, 0.5) is 0 Å². The van der Waals surface area contributed by atoms with Gasteiger partial charge in [-0.1, -0.05) is 191 Å². The first-order chi connectivity index (χ1) is 30.7. The molecule has 1 aliphatic rings. The van der Waals surface area contributed by atoms with Gasteiger partial charge in [0.25, 0.3) is 0 Å². The molecule has 1 fully saturated rings. The molecule has 63 heavy (non-hydrogen) atoms. The smallest absolute Gasteiger partial charge is 0.320 e. The zero-order valence-corrected chi connectivity index (χ0v) is 39.9. The fraction of sp³-hybridized carbons (Fsp3) is 0.717. The van der Waals surface area contributed by atoms with E-state index in [1.165, 1.54) is 61.6 Å². The number of nitrogens with zero attached hydrogens (tertiary/aromatic N) is 4. The largest absolute Gasteiger partial charge is 0.480 e. The SMILES string of the molecule is CCCCCCCCC(C(=O)O)N1CCN(Cc2ccc(CCc3ccccc3)cc2)CCN(C(CCCCCCCC)C(=O)O)CCN(C(CCCCCCCC)C(=O)O)CC1. The normalized spacial score (nSPS) is 16.8. The number of unbranched alkanes of at least 4 members (excludes halogenated alkanes) is 15. The highest BCUT2D eigenvalue weighted by atomic mass is 16.4. The van der Waals surface area contributed by atoms with Gasteiger partial charge in [0.2, 0.25) is 0 Å². The quantitative estimate of drug-likeness (QED) is 0.0612. The monoisotopic (exact) mass is 877 g/mol. The molecule has 0 radical (unpaired) electrons. The van der Waals surface area contributed by atoms with Crippen LogP contribution in [0.25, 0.3) is 0 Å². The Labute approximate surface area is 382 Å². The van der Waals surface area contributed by atoms with Gasteiger partial charge >= 0.3 is 17.9 Å². The highest BCUT2D eigenvalue weighted by molar-refractivity contribution is 5.74. The van der Waals surface area contributed by atoms with E-state index in [2.05, 4.69) is 84.0 Å². The van der Waals surface area contributed by atoms with Gasteiger partial charge in [0.05, 0.1) is 0 Å². The maximum atomic E-state index is 13.1. The van der Waals surface area contributed by atoms with E-state index >= 15 is 0 Å². The van der Waals surface area contributed by atoms with Crippen molar-refractivity contribution in [3.63, 3.8) is 0 Å². The van der Waals surface area contributed by atoms with E-state index in [4.69, 9.17) is 0 Å². The third kappa shape index (κ3) is 22.4. The van der Waals surface area contributed by atoms with Gasteiger partial charge in [-0.2, -0.15) is 0 Å². The van der Waals surface area contributed by atoms with Crippen LogP contribution in [0.3, 0.4) is 0 Å². The summed E-state index contributed by atoms with van der Waals surface area (Å²) in [6.45, 7) is 11.3. The van der Waals surface area contributed by atoms with Crippen LogP contribution in [0.15, 0.2) is 54.6 Å². The summed E-state index contributed by atoms with van der Waals surface area (Å²) < 4.78 is 0. The van der Waals surface area contributed by atoms with E-state index in [-0.39, 0.29) is 0 Å². The first-order valence-corrected chi connectivity index (χ1v) is 25.4. The lowest BCUT2D eigenvalue weighted by molar-refractivity contribution is -0.147. The van der Waals surface area contributed by atoms with Crippen molar-refractivity contribution in [2.45, 2.75) is 193 Å². The second-order valence-corrected chi connectivity index (χ2v) is 18.4. The number of aryl methyl sites for hydroxylation is 2. The predicted octanol–water partition coefficient (Wildman–Crippen LogP) is 10.8. The van der Waals surface area contributed by atoms with Gasteiger partial charge in [-0.15, -0.1) is 0 Å². The van der Waals surface area contributed by atoms with E-state index in [1.807, 2.05) is 11.0 Å². The van der Waals surface area contributed by atoms with Crippen molar-refractivity contribution in [1.29, 1.82) is 0 Å². The molecule has 10 heteroatoms. The second kappa shape index (κ2) is 33.2. The maximum absolute atomic E-state index is 13.1. The van der Waals surface area contributed by atoms with E-state index in [0.29, 0.717) is 78.2 Å². The van der Waals surface area contributed by atoms with Crippen LogP contribution >= 0.6 is 0 Å². The Bertz CT molecular complexity index is 1440. The van der Waals surface area contributed by atoms with Crippen LogP contribution in [0.1, 0.15) is 172 Å². The summed E-state index contributed by atoms with van der Waals surface area (Å²) in [7, 11) is 0. The van der Waals surface area contributed by atoms with Gasteiger partial charge < -0.3 is 15.3 Å². The molecule has 2 aromatic carbocycles. The lowest BCUT2D eigenvalue weighted by Crippen LogP contribution is -2.54. The molecule has 0 saturated carbocycles. The number of benzene rings is 2. The molecule has 0 bridgehead atoms. The van der Waals surface area contributed by atoms with E-state index in [9.17, 15) is 29.7 Å². The second-order valence-electron chi connectivity index (χ2n) is 18.4. The van der Waals surface area contributed by atoms with Crippen LogP contribution < -0.4 is 0 Å². The van der Waals surface area contributed by atoms with Gasteiger partial charge in [0, 0.05) is 58.9 Å². The average molecular weight is 877 g/mol. The van der Waals surface area contributed by atoms with Crippen molar-refractivity contribution in [1.82, 2.24) is 19.6 Å². The molecule has 0 spiro atoms. The number of carbonyl (C=O) groups is 3. The van der Waals surface area contributed by atoms with Gasteiger partial charge in [-0.25, -0.2) is 0 Å². The zero-order valence-electron chi connectivity index (χ0n) is 39.9. The number of carboxylic acid groups (broad SMARTS) is 3. The van der Waals surface area contributed by atoms with Gasteiger partial charge in [-0.05, 0) is 48.8 Å². The van der Waals surface area contributed by atoms with Gasteiger partial charge in [-0.3, -0.25) is 34.0 Å². The van der Waals surface area contributed by atoms with Crippen molar-refractivity contribution in [2.75, 3.05) is 52.4 Å². The summed E-state index contributed by atoms with van der Waals surface area (Å²) in [5.74, 6) is -2.48. The lowest BCUT2D eigenvalue weighted by Gasteiger charge is -2.39. The molecular formula is C53H88N4O6. The number of carboxylic acids is 3. The average Bonchev–Trinajstić information content (AvgIpc) is 3.27. The van der Waals surface area contributed by atoms with Crippen molar-refractivity contribution in [2.24, 2.45) is 0 Å². The summed E-state index contributed by atoms with van der Waals surface area (Å²) in [6.07, 6.45) is 23.0. The molecule has 356 valence electrons. The highest BCUT2D eigenvalue weighted by Crippen LogP contribution is 2.20. The minimum atomic E-state index is -0.852. The molecule has 2 aromatic rings. The van der Waals surface area contributed by atoms with Crippen molar-refractivity contribution in [3.8, 4) is 0 Å². The van der Waals surface area contributed by atoms with Crippen molar-refractivity contribution < 1.29 is 29.7 Å². The molecule has 1 heterocycles. The minimum Gasteiger partial charge on any atom is -0.480 e. The molecule has 0 aliphatic carbocycles. The lowest BCUT2D eigenvalue weighted by atomic mass is 10.0. The van der Waals surface area contributed by atoms with E-state index in [1.54, 1.807) is 0 Å². The minimum absolute atomic E-state index is 0.417. The molecular weight excluding hydrogens is 789 g/mol. The topological polar surface area (TPSA) is 125 Å². The predicted molar refractivity (Wildman–Crippen MR) is 259 cm³/mol. The van der Waals surface area contributed by atoms with Gasteiger partial charge in [0.15, 0.2) is 0 Å². The fourth-order valence-corrected chi connectivity index (χ4v) is 9.34. The Balaban J connectivity index is 1.91. The Kier molecular flexibility index (Phi) is 28.5. The standard InChI is InChI=1S/C53H88N4O6/c1-4-7-10-13-16-22-27-48(51(58)59)55-38-36-54(44-47-34-32-46(33-35-47)31-30-45-25-20-19-21-26-45)37-39-56(49(52(60)61)28-23-17-14-11-8-5-2)41-43-57(42-40-55)50(53(62)63)29-24-18-15-12-9-6-3/h19-21,25-26,32-35,48-50H,4-18,22-24,27-31,36-44H2,1-3H3,(H,58,59)(H,60,61)(H,62,63). The molecule has 1 saturated heterocycles. The molecule has 3 N–H and O–H groups in total. The van der Waals surface area contributed by atoms with Crippen LogP contribution in [0.5, 0.6) is 0 Å². The molecule has 3 rings (SSSR count). The Morgan fingerprint density at radius 1 is 0.413 bits per heavy atom. The summed E-state index contributed by atoms with van der Waals surface area (Å²) in [6, 6.07) is 17.4. The summed E-state index contributed by atoms with van der Waals surface area (Å²) in [4.78, 5) is 47.9. The third-order valence-electron chi connectivity index (χ3n) is 13.4. The van der Waals surface area contributed by atoms with E-state index < -0.39 is 36.0 Å². The Morgan fingerprint density at radius 3 is 1.06 bits per heavy atom. The van der Waals surface area contributed by atoms with Crippen LogP contribution in [-0.4, -0.2) is 123 Å². The number of rotatable bonds is 32. The zero-order chi connectivity index (χ0) is 45.5. The number of hydrogen-bond donors (Lipinski definition) is 3. The van der Waals surface area contributed by atoms with Crippen LogP contribution in [-0.2, 0) is 33.8 Å². The van der Waals surface area contributed by atoms with Crippen molar-refractivity contribution >= 4 is 17.9 Å². The molecule has 3 atom stereocenters. The molecule has 0 aromatic heterocycles. The summed E-state index contributed by atoms with van der Waals surface area (Å²) >= 11 is 0.